The van der Waals surface area contributed by atoms with E-state index in [2.05, 4.69) is 0 Å². The summed E-state index contributed by atoms with van der Waals surface area (Å²) >= 11 is 0. The summed E-state index contributed by atoms with van der Waals surface area (Å²) in [6.45, 7) is 3.03. The molecule has 2 aromatic rings. The van der Waals surface area contributed by atoms with Crippen molar-refractivity contribution in [1.29, 1.82) is 0 Å². The number of phenolic OH excluding ortho intramolecular Hbond substituents is 2. The first-order valence-electron chi connectivity index (χ1n) is 10.3. The summed E-state index contributed by atoms with van der Waals surface area (Å²) in [5.74, 6) is -0.211. The highest BCUT2D eigenvalue weighted by Gasteiger charge is 2.15. The van der Waals surface area contributed by atoms with Crippen LogP contribution in [0.4, 0.5) is 0 Å². The lowest BCUT2D eigenvalue weighted by atomic mass is 10.1. The van der Waals surface area contributed by atoms with Crippen molar-refractivity contribution in [3.05, 3.63) is 58.7 Å². The average molecular weight is 513 g/mol. The molecule has 2 rings (SSSR count). The van der Waals surface area contributed by atoms with Crippen LogP contribution in [0.25, 0.3) is 12.2 Å². The van der Waals surface area contributed by atoms with E-state index in [1.165, 1.54) is 38.1 Å². The van der Waals surface area contributed by atoms with Crippen LogP contribution in [-0.4, -0.2) is 47.4 Å². The molecule has 11 heteroatoms. The fraction of sp³-hybridized carbons (Fsp3) is 0.304. The molecule has 0 aliphatic carbocycles. The van der Waals surface area contributed by atoms with Gasteiger partial charge in [0.15, 0.2) is 0 Å². The number of allylic oxidation sites excluding steroid dienone is 2. The molecular formula is C23H28O9S2. The van der Waals surface area contributed by atoms with Crippen molar-refractivity contribution in [1.82, 2.24) is 0 Å². The number of benzene rings is 2. The molecule has 0 spiro atoms. The molecule has 0 unspecified atom stereocenters. The summed E-state index contributed by atoms with van der Waals surface area (Å²) in [5.41, 5.74) is 1.05. The number of hydrogen-bond acceptors (Lipinski definition) is 7. The van der Waals surface area contributed by atoms with E-state index in [1.54, 1.807) is 12.2 Å². The predicted molar refractivity (Wildman–Crippen MR) is 128 cm³/mol. The van der Waals surface area contributed by atoms with Crippen molar-refractivity contribution in [2.75, 3.05) is 0 Å². The minimum Gasteiger partial charge on any atom is -0.507 e. The van der Waals surface area contributed by atoms with Crippen molar-refractivity contribution in [3.8, 4) is 11.5 Å². The summed E-state index contributed by atoms with van der Waals surface area (Å²) < 4.78 is 63.8. The molecule has 0 saturated heterocycles. The third-order valence-corrected chi connectivity index (χ3v) is 6.79. The highest BCUT2D eigenvalue weighted by Crippen LogP contribution is 2.28. The zero-order chi connectivity index (χ0) is 25.7. The van der Waals surface area contributed by atoms with Gasteiger partial charge in [-0.25, -0.2) is 0 Å². The minimum atomic E-state index is -4.41. The van der Waals surface area contributed by atoms with Gasteiger partial charge in [-0.3, -0.25) is 9.11 Å². The van der Waals surface area contributed by atoms with E-state index >= 15 is 0 Å². The number of aliphatic hydroxyl groups is 1. The first-order valence-corrected chi connectivity index (χ1v) is 13.2. The van der Waals surface area contributed by atoms with Crippen LogP contribution in [0.1, 0.15) is 47.9 Å². The van der Waals surface area contributed by atoms with Gasteiger partial charge in [-0.15, -0.1) is 0 Å². The SMILES string of the molecule is Cc1cc(S(=O)(=O)O)cc(/C=C/CCC(O)CC/C=C/c2cc(S(=O)(=O)O)cc(C)c2O)c1O. The number of aliphatic hydroxyl groups excluding tert-OH is 1. The van der Waals surface area contributed by atoms with Gasteiger partial charge in [0.2, 0.25) is 0 Å². The van der Waals surface area contributed by atoms with Crippen LogP contribution in [-0.2, 0) is 20.2 Å². The van der Waals surface area contributed by atoms with Crippen molar-refractivity contribution >= 4 is 32.4 Å². The Morgan fingerprint density at radius 3 is 1.41 bits per heavy atom. The molecule has 34 heavy (non-hydrogen) atoms. The van der Waals surface area contributed by atoms with Gasteiger partial charge in [-0.05, 0) is 74.9 Å². The van der Waals surface area contributed by atoms with Gasteiger partial charge in [-0.1, -0.05) is 24.3 Å². The molecule has 186 valence electrons. The summed E-state index contributed by atoms with van der Waals surface area (Å²) in [6, 6.07) is 4.64. The van der Waals surface area contributed by atoms with Crippen LogP contribution in [0.5, 0.6) is 11.5 Å². The molecule has 0 amide bonds. The van der Waals surface area contributed by atoms with E-state index in [1.807, 2.05) is 0 Å². The second kappa shape index (κ2) is 11.2. The first-order chi connectivity index (χ1) is 15.7. The topological polar surface area (TPSA) is 169 Å². The number of hydrogen-bond donors (Lipinski definition) is 5. The molecule has 0 saturated carbocycles. The van der Waals surface area contributed by atoms with E-state index in [0.717, 1.165) is 12.1 Å². The number of phenols is 2. The molecular weight excluding hydrogens is 484 g/mol. The fourth-order valence-corrected chi connectivity index (χ4v) is 4.44. The van der Waals surface area contributed by atoms with Gasteiger partial charge in [0.1, 0.15) is 11.5 Å². The van der Waals surface area contributed by atoms with Crippen LogP contribution >= 0.6 is 0 Å². The van der Waals surface area contributed by atoms with Crippen LogP contribution in [0.3, 0.4) is 0 Å². The van der Waals surface area contributed by atoms with E-state index in [9.17, 15) is 41.3 Å². The highest BCUT2D eigenvalue weighted by molar-refractivity contribution is 7.86. The zero-order valence-electron chi connectivity index (χ0n) is 18.7. The monoisotopic (exact) mass is 512 g/mol. The van der Waals surface area contributed by atoms with E-state index in [4.69, 9.17) is 0 Å². The van der Waals surface area contributed by atoms with Gasteiger partial charge in [0, 0.05) is 11.1 Å². The summed E-state index contributed by atoms with van der Waals surface area (Å²) in [4.78, 5) is -0.643. The molecule has 0 bridgehead atoms. The Bertz CT molecular complexity index is 1210. The van der Waals surface area contributed by atoms with Crippen LogP contribution < -0.4 is 0 Å². The Balaban J connectivity index is 1.93. The number of aryl methyl sites for hydroxylation is 2. The van der Waals surface area contributed by atoms with Crippen molar-refractivity contribution < 1.29 is 41.3 Å². The fourth-order valence-electron chi connectivity index (χ4n) is 3.24. The van der Waals surface area contributed by atoms with Gasteiger partial charge in [-0.2, -0.15) is 16.8 Å². The molecule has 0 radical (unpaired) electrons. The smallest absolute Gasteiger partial charge is 0.294 e. The second-order valence-corrected chi connectivity index (χ2v) is 10.8. The summed E-state index contributed by atoms with van der Waals surface area (Å²) in [7, 11) is -8.81. The third kappa shape index (κ3) is 7.67. The van der Waals surface area contributed by atoms with Gasteiger partial charge >= 0.3 is 0 Å². The van der Waals surface area contributed by atoms with Crippen LogP contribution in [0.15, 0.2) is 46.2 Å². The quantitative estimate of drug-likeness (QED) is 0.297. The lowest BCUT2D eigenvalue weighted by molar-refractivity contribution is 0.157. The Kier molecular flexibility index (Phi) is 9.03. The normalized spacial score (nSPS) is 12.9. The number of rotatable bonds is 10. The predicted octanol–water partition coefficient (Wildman–Crippen LogP) is 3.86. The molecule has 0 aliphatic rings. The van der Waals surface area contributed by atoms with Crippen molar-refractivity contribution in [2.45, 2.75) is 55.4 Å². The maximum atomic E-state index is 11.3. The maximum Gasteiger partial charge on any atom is 0.294 e. The molecule has 0 fully saturated rings. The average Bonchev–Trinajstić information content (AvgIpc) is 2.72. The standard InChI is InChI=1S/C23H28O9S2/c1-15-11-20(33(27,28)29)13-17(22(15)25)7-3-5-9-19(24)10-6-4-8-18-14-21(34(30,31)32)12-16(2)23(18)26/h3-4,7-8,11-14,19,24-26H,5-6,9-10H2,1-2H3,(H,27,28,29)(H,30,31,32)/b7-3+,8-4+. The largest absolute Gasteiger partial charge is 0.507 e. The molecule has 0 atom stereocenters. The Morgan fingerprint density at radius 2 is 1.09 bits per heavy atom. The molecule has 0 heterocycles. The molecule has 0 aromatic heterocycles. The molecule has 5 N–H and O–H groups in total. The van der Waals surface area contributed by atoms with Gasteiger partial charge in [0.05, 0.1) is 15.9 Å². The van der Waals surface area contributed by atoms with Gasteiger partial charge in [0.25, 0.3) is 20.2 Å². The molecule has 2 aromatic carbocycles. The highest BCUT2D eigenvalue weighted by atomic mass is 32.2. The van der Waals surface area contributed by atoms with Crippen molar-refractivity contribution in [3.63, 3.8) is 0 Å². The van der Waals surface area contributed by atoms with E-state index in [-0.39, 0.29) is 32.4 Å². The second-order valence-electron chi connectivity index (χ2n) is 7.92. The lowest BCUT2D eigenvalue weighted by Gasteiger charge is -2.08. The maximum absolute atomic E-state index is 11.3. The summed E-state index contributed by atoms with van der Waals surface area (Å²) in [6.07, 6.45) is 7.37. The summed E-state index contributed by atoms with van der Waals surface area (Å²) in [5, 5.41) is 30.3. The minimum absolute atomic E-state index is 0.106. The molecule has 0 aliphatic heterocycles. The lowest BCUT2D eigenvalue weighted by Crippen LogP contribution is -2.04. The third-order valence-electron chi connectivity index (χ3n) is 5.13. The first kappa shape index (κ1) is 27.5. The van der Waals surface area contributed by atoms with Crippen molar-refractivity contribution in [2.24, 2.45) is 0 Å². The Morgan fingerprint density at radius 1 is 0.735 bits per heavy atom. The van der Waals surface area contributed by atoms with Crippen LogP contribution in [0.2, 0.25) is 0 Å². The van der Waals surface area contributed by atoms with Gasteiger partial charge < -0.3 is 15.3 Å². The Labute approximate surface area is 199 Å². The molecule has 9 nitrogen and oxygen atoms in total. The number of aromatic hydroxyl groups is 2. The van der Waals surface area contributed by atoms with E-state index in [0.29, 0.717) is 36.8 Å². The van der Waals surface area contributed by atoms with Crippen LogP contribution in [0, 0.1) is 13.8 Å². The Hall–Kier alpha value is -2.70. The van der Waals surface area contributed by atoms with E-state index < -0.39 is 26.3 Å². The zero-order valence-corrected chi connectivity index (χ0v) is 20.3.